The molecule has 5 nitrogen and oxygen atoms in total. The Morgan fingerprint density at radius 3 is 2.05 bits per heavy atom. The van der Waals surface area contributed by atoms with Crippen LogP contribution in [0.5, 0.6) is 0 Å². The number of hydrogen-bond donors (Lipinski definition) is 0. The van der Waals surface area contributed by atoms with Gasteiger partial charge >= 0.3 is 11.9 Å². The summed E-state index contributed by atoms with van der Waals surface area (Å²) in [6.07, 6.45) is 21.5. The normalized spacial score (nSPS) is 14.9. The average molecular weight is 538 g/mol. The van der Waals surface area contributed by atoms with Gasteiger partial charge in [0, 0.05) is 12.8 Å². The van der Waals surface area contributed by atoms with E-state index in [1.165, 1.54) is 57.8 Å². The van der Waals surface area contributed by atoms with Gasteiger partial charge in [0.15, 0.2) is 0 Å². The van der Waals surface area contributed by atoms with Crippen molar-refractivity contribution in [3.05, 3.63) is 12.2 Å². The van der Waals surface area contributed by atoms with Crippen LogP contribution in [0.4, 0.5) is 0 Å². The number of ether oxygens (including phenoxy) is 2. The van der Waals surface area contributed by atoms with E-state index in [2.05, 4.69) is 32.6 Å². The molecule has 0 radical (unpaired) electrons. The van der Waals surface area contributed by atoms with Crippen LogP contribution in [0.3, 0.4) is 0 Å². The van der Waals surface area contributed by atoms with Crippen molar-refractivity contribution in [2.75, 3.05) is 27.2 Å². The molecule has 0 aliphatic heterocycles. The quantitative estimate of drug-likeness (QED) is 0.0662. The maximum Gasteiger partial charge on any atom is 0.308 e. The molecule has 0 aromatic heterocycles. The molecule has 0 heterocycles. The van der Waals surface area contributed by atoms with Crippen LogP contribution in [-0.4, -0.2) is 50.2 Å². The topological polar surface area (TPSA) is 55.8 Å². The van der Waals surface area contributed by atoms with Crippen molar-refractivity contribution in [3.63, 3.8) is 0 Å². The van der Waals surface area contributed by atoms with E-state index in [4.69, 9.17) is 9.47 Å². The standard InChI is InChI=1S/C33H63NO4/c1-8-10-11-12-13-19-28(3)20-16-21-29(4)24-25-31(38-32(35)23-17-26-34(6)7)22-14-15-27-37-33(36)30(5)18-9-2/h14-15,28-31H,8-13,16-27H2,1-7H3/b15-14-. The molecule has 0 amide bonds. The number of nitrogens with zero attached hydrogens (tertiary/aromatic N) is 1. The predicted octanol–water partition coefficient (Wildman–Crippen LogP) is 8.75. The summed E-state index contributed by atoms with van der Waals surface area (Å²) in [5.74, 6) is 1.15. The molecule has 0 aromatic carbocycles. The summed E-state index contributed by atoms with van der Waals surface area (Å²) in [5.41, 5.74) is 0. The zero-order valence-electron chi connectivity index (χ0n) is 26.3. The third kappa shape index (κ3) is 22.6. The Bertz CT molecular complexity index is 604. The summed E-state index contributed by atoms with van der Waals surface area (Å²) in [6, 6.07) is 0. The largest absolute Gasteiger partial charge is 0.462 e. The zero-order chi connectivity index (χ0) is 28.6. The molecule has 0 fully saturated rings. The molecule has 38 heavy (non-hydrogen) atoms. The number of esters is 2. The van der Waals surface area contributed by atoms with E-state index in [-0.39, 0.29) is 30.6 Å². The predicted molar refractivity (Wildman–Crippen MR) is 161 cm³/mol. The summed E-state index contributed by atoms with van der Waals surface area (Å²) < 4.78 is 11.2. The van der Waals surface area contributed by atoms with Gasteiger partial charge in [-0.25, -0.2) is 0 Å². The smallest absolute Gasteiger partial charge is 0.308 e. The van der Waals surface area contributed by atoms with Crippen LogP contribution in [0.1, 0.15) is 137 Å². The molecule has 0 saturated heterocycles. The molecule has 0 N–H and O–H groups in total. The molecular weight excluding hydrogens is 474 g/mol. The molecule has 4 unspecified atom stereocenters. The number of hydrogen-bond acceptors (Lipinski definition) is 5. The molecule has 0 bridgehead atoms. The van der Waals surface area contributed by atoms with Crippen molar-refractivity contribution in [2.45, 2.75) is 143 Å². The highest BCUT2D eigenvalue weighted by molar-refractivity contribution is 5.72. The van der Waals surface area contributed by atoms with Crippen molar-refractivity contribution in [2.24, 2.45) is 17.8 Å². The second-order valence-electron chi connectivity index (χ2n) is 12.0. The van der Waals surface area contributed by atoms with Gasteiger partial charge in [-0.15, -0.1) is 0 Å². The van der Waals surface area contributed by atoms with Crippen LogP contribution in [-0.2, 0) is 19.1 Å². The molecule has 5 heteroatoms. The maximum absolute atomic E-state index is 12.5. The second-order valence-corrected chi connectivity index (χ2v) is 12.0. The summed E-state index contributed by atoms with van der Waals surface area (Å²) in [7, 11) is 4.04. The minimum Gasteiger partial charge on any atom is -0.462 e. The van der Waals surface area contributed by atoms with Gasteiger partial charge in [0.25, 0.3) is 0 Å². The van der Waals surface area contributed by atoms with Gasteiger partial charge in [-0.3, -0.25) is 9.59 Å². The van der Waals surface area contributed by atoms with Gasteiger partial charge < -0.3 is 14.4 Å². The molecule has 0 saturated carbocycles. The van der Waals surface area contributed by atoms with E-state index in [1.54, 1.807) is 0 Å². The van der Waals surface area contributed by atoms with E-state index in [0.717, 1.165) is 44.6 Å². The van der Waals surface area contributed by atoms with Gasteiger partial charge in [-0.1, -0.05) is 111 Å². The summed E-state index contributed by atoms with van der Waals surface area (Å²) in [6.45, 7) is 12.2. The van der Waals surface area contributed by atoms with Crippen molar-refractivity contribution in [1.82, 2.24) is 4.90 Å². The van der Waals surface area contributed by atoms with Crippen LogP contribution < -0.4 is 0 Å². The van der Waals surface area contributed by atoms with E-state index in [9.17, 15) is 9.59 Å². The highest BCUT2D eigenvalue weighted by Crippen LogP contribution is 2.22. The van der Waals surface area contributed by atoms with Crippen molar-refractivity contribution >= 4 is 11.9 Å². The lowest BCUT2D eigenvalue weighted by molar-refractivity contribution is -0.149. The third-order valence-corrected chi connectivity index (χ3v) is 7.47. The third-order valence-electron chi connectivity index (χ3n) is 7.47. The Labute approximate surface area is 236 Å². The highest BCUT2D eigenvalue weighted by Gasteiger charge is 2.16. The maximum atomic E-state index is 12.5. The second kappa shape index (κ2) is 24.7. The first kappa shape index (κ1) is 36.6. The highest BCUT2D eigenvalue weighted by atomic mass is 16.5. The van der Waals surface area contributed by atoms with Crippen LogP contribution >= 0.6 is 0 Å². The average Bonchev–Trinajstić information content (AvgIpc) is 2.86. The van der Waals surface area contributed by atoms with Gasteiger partial charge in [0.1, 0.15) is 12.7 Å². The molecule has 0 spiro atoms. The van der Waals surface area contributed by atoms with Crippen molar-refractivity contribution in [1.29, 1.82) is 0 Å². The first-order valence-electron chi connectivity index (χ1n) is 15.8. The fourth-order valence-electron chi connectivity index (χ4n) is 4.82. The van der Waals surface area contributed by atoms with E-state index in [0.29, 0.717) is 18.8 Å². The van der Waals surface area contributed by atoms with E-state index < -0.39 is 0 Å². The van der Waals surface area contributed by atoms with Gasteiger partial charge in [-0.05, 0) is 58.2 Å². The van der Waals surface area contributed by atoms with Gasteiger partial charge in [-0.2, -0.15) is 0 Å². The Hall–Kier alpha value is -1.36. The fourth-order valence-corrected chi connectivity index (χ4v) is 4.82. The fraction of sp³-hybridized carbons (Fsp3) is 0.879. The summed E-state index contributed by atoms with van der Waals surface area (Å²) in [5, 5.41) is 0. The van der Waals surface area contributed by atoms with Crippen molar-refractivity contribution in [3.8, 4) is 0 Å². The minimum atomic E-state index is -0.139. The minimum absolute atomic E-state index is 0.0560. The Kier molecular flexibility index (Phi) is 23.8. The summed E-state index contributed by atoms with van der Waals surface area (Å²) in [4.78, 5) is 26.5. The first-order chi connectivity index (χ1) is 18.2. The molecule has 4 atom stereocenters. The lowest BCUT2D eigenvalue weighted by atomic mass is 9.92. The molecule has 0 aliphatic carbocycles. The van der Waals surface area contributed by atoms with Crippen molar-refractivity contribution < 1.29 is 19.1 Å². The lowest BCUT2D eigenvalue weighted by Gasteiger charge is -2.20. The van der Waals surface area contributed by atoms with Gasteiger partial charge in [0.2, 0.25) is 0 Å². The SMILES string of the molecule is CCCCCCCC(C)CCCC(C)CCC(C/C=C\COC(=O)C(C)CCC)OC(=O)CCCN(C)C. The van der Waals surface area contributed by atoms with Crippen LogP contribution in [0.2, 0.25) is 0 Å². The Morgan fingerprint density at radius 2 is 1.39 bits per heavy atom. The lowest BCUT2D eigenvalue weighted by Crippen LogP contribution is -2.20. The van der Waals surface area contributed by atoms with E-state index in [1.807, 2.05) is 33.2 Å². The molecule has 0 aliphatic rings. The summed E-state index contributed by atoms with van der Waals surface area (Å²) >= 11 is 0. The Balaban J connectivity index is 4.48. The number of carbonyl (C=O) groups is 2. The first-order valence-corrected chi connectivity index (χ1v) is 15.8. The molecular formula is C33H63NO4. The number of rotatable bonds is 25. The van der Waals surface area contributed by atoms with Crippen LogP contribution in [0.15, 0.2) is 12.2 Å². The molecule has 0 rings (SSSR count). The van der Waals surface area contributed by atoms with Gasteiger partial charge in [0.05, 0.1) is 5.92 Å². The van der Waals surface area contributed by atoms with E-state index >= 15 is 0 Å². The number of carbonyl (C=O) groups excluding carboxylic acids is 2. The molecule has 0 aromatic rings. The van der Waals surface area contributed by atoms with Crippen LogP contribution in [0, 0.1) is 17.8 Å². The zero-order valence-corrected chi connectivity index (χ0v) is 26.3. The monoisotopic (exact) mass is 537 g/mol. The number of unbranched alkanes of at least 4 members (excludes halogenated alkanes) is 4. The van der Waals surface area contributed by atoms with Crippen LogP contribution in [0.25, 0.3) is 0 Å². The molecule has 224 valence electrons. The Morgan fingerprint density at radius 1 is 0.737 bits per heavy atom.